The molecule has 0 amide bonds. The Morgan fingerprint density at radius 1 is 1.28 bits per heavy atom. The summed E-state index contributed by atoms with van der Waals surface area (Å²) in [7, 11) is 0. The Labute approximate surface area is 108 Å². The summed E-state index contributed by atoms with van der Waals surface area (Å²) in [5, 5.41) is 0. The van der Waals surface area contributed by atoms with Crippen LogP contribution in [0, 0.1) is 0 Å². The van der Waals surface area contributed by atoms with Gasteiger partial charge < -0.3 is 4.74 Å². The van der Waals surface area contributed by atoms with E-state index in [0.717, 1.165) is 11.1 Å². The highest BCUT2D eigenvalue weighted by Crippen LogP contribution is 2.41. The van der Waals surface area contributed by atoms with E-state index in [0.29, 0.717) is 12.4 Å². The normalized spacial score (nSPS) is 25.4. The largest absolute Gasteiger partial charge is 0.490 e. The molecule has 2 rings (SSSR count). The van der Waals surface area contributed by atoms with Gasteiger partial charge in [-0.05, 0) is 32.4 Å². The van der Waals surface area contributed by atoms with Gasteiger partial charge >= 0.3 is 0 Å². The summed E-state index contributed by atoms with van der Waals surface area (Å²) >= 11 is 0. The fourth-order valence-corrected chi connectivity index (χ4v) is 2.49. The van der Waals surface area contributed by atoms with Gasteiger partial charge in [-0.3, -0.25) is 4.79 Å². The molecule has 1 unspecified atom stereocenters. The number of ketones is 1. The van der Waals surface area contributed by atoms with Gasteiger partial charge in [0.25, 0.3) is 0 Å². The van der Waals surface area contributed by atoms with Crippen molar-refractivity contribution in [2.75, 3.05) is 6.61 Å². The van der Waals surface area contributed by atoms with Gasteiger partial charge in [-0.1, -0.05) is 36.4 Å². The van der Waals surface area contributed by atoms with Crippen molar-refractivity contribution in [2.24, 2.45) is 0 Å². The van der Waals surface area contributed by atoms with Crippen molar-refractivity contribution < 1.29 is 9.53 Å². The number of Topliss-reactive ketones (excluding diaryl/α,β-unsaturated/α-hetero) is 1. The van der Waals surface area contributed by atoms with Crippen molar-refractivity contribution in [1.29, 1.82) is 0 Å². The quantitative estimate of drug-likeness (QED) is 0.759. The van der Waals surface area contributed by atoms with E-state index in [1.54, 1.807) is 0 Å². The minimum Gasteiger partial charge on any atom is -0.490 e. The molecule has 0 bridgehead atoms. The van der Waals surface area contributed by atoms with E-state index in [2.05, 4.69) is 6.92 Å². The minimum atomic E-state index is -0.377. The molecule has 0 heterocycles. The smallest absolute Gasteiger partial charge is 0.224 e. The van der Waals surface area contributed by atoms with Gasteiger partial charge in [0.2, 0.25) is 5.78 Å². The van der Waals surface area contributed by atoms with Gasteiger partial charge in [0.05, 0.1) is 6.61 Å². The van der Waals surface area contributed by atoms with Crippen LogP contribution in [0.4, 0.5) is 0 Å². The fourth-order valence-electron chi connectivity index (χ4n) is 2.49. The summed E-state index contributed by atoms with van der Waals surface area (Å²) in [5.74, 6) is 0.475. The van der Waals surface area contributed by atoms with E-state index in [1.807, 2.05) is 56.3 Å². The maximum Gasteiger partial charge on any atom is 0.224 e. The lowest BCUT2D eigenvalue weighted by Crippen LogP contribution is -2.21. The molecule has 1 atom stereocenters. The topological polar surface area (TPSA) is 26.3 Å². The summed E-state index contributed by atoms with van der Waals surface area (Å²) in [6.07, 6.45) is 3.82. The zero-order chi connectivity index (χ0) is 13.2. The Hall–Kier alpha value is -1.83. The summed E-state index contributed by atoms with van der Waals surface area (Å²) < 4.78 is 5.43. The molecule has 0 fully saturated rings. The van der Waals surface area contributed by atoms with Crippen LogP contribution in [0.15, 0.2) is 53.8 Å². The first-order valence-electron chi connectivity index (χ1n) is 6.26. The lowest BCUT2D eigenvalue weighted by molar-refractivity contribution is -0.115. The predicted octanol–water partition coefficient (Wildman–Crippen LogP) is 3.39. The maximum absolute atomic E-state index is 12.3. The Morgan fingerprint density at radius 3 is 2.50 bits per heavy atom. The number of carbonyl (C=O) groups is 1. The van der Waals surface area contributed by atoms with Crippen LogP contribution in [0.25, 0.3) is 0 Å². The molecule has 0 saturated heterocycles. The van der Waals surface area contributed by atoms with Crippen LogP contribution in [0.2, 0.25) is 0 Å². The van der Waals surface area contributed by atoms with Gasteiger partial charge in [-0.25, -0.2) is 0 Å². The molecule has 0 radical (unpaired) electrons. The van der Waals surface area contributed by atoms with Gasteiger partial charge in [0.1, 0.15) is 0 Å². The molecule has 0 spiro atoms. The first-order chi connectivity index (χ1) is 8.63. The highest BCUT2D eigenvalue weighted by atomic mass is 16.5. The predicted molar refractivity (Wildman–Crippen MR) is 72.3 cm³/mol. The van der Waals surface area contributed by atoms with Gasteiger partial charge in [-0.15, -0.1) is 0 Å². The van der Waals surface area contributed by atoms with E-state index >= 15 is 0 Å². The number of rotatable bonds is 3. The molecule has 0 N–H and O–H groups in total. The SMILES string of the molecule is C/C=C1/C(=O)C(OCC)=CC1(C)c1ccccc1. The lowest BCUT2D eigenvalue weighted by atomic mass is 9.78. The van der Waals surface area contributed by atoms with Gasteiger partial charge in [-0.2, -0.15) is 0 Å². The summed E-state index contributed by atoms with van der Waals surface area (Å²) in [6, 6.07) is 10.0. The highest BCUT2D eigenvalue weighted by molar-refractivity contribution is 6.12. The minimum absolute atomic E-state index is 0.00528. The highest BCUT2D eigenvalue weighted by Gasteiger charge is 2.41. The van der Waals surface area contributed by atoms with E-state index in [1.165, 1.54) is 0 Å². The molecule has 0 saturated carbocycles. The Morgan fingerprint density at radius 2 is 1.94 bits per heavy atom. The molecule has 18 heavy (non-hydrogen) atoms. The van der Waals surface area contributed by atoms with Gasteiger partial charge in [0.15, 0.2) is 5.76 Å². The van der Waals surface area contributed by atoms with E-state index in [9.17, 15) is 4.79 Å². The average molecular weight is 242 g/mol. The van der Waals surface area contributed by atoms with Crippen LogP contribution in [0.1, 0.15) is 26.3 Å². The Bertz CT molecular complexity index is 511. The third-order valence-electron chi connectivity index (χ3n) is 3.41. The second-order valence-electron chi connectivity index (χ2n) is 4.54. The van der Waals surface area contributed by atoms with Crippen molar-refractivity contribution in [3.8, 4) is 0 Å². The zero-order valence-corrected chi connectivity index (χ0v) is 11.1. The van der Waals surface area contributed by atoms with E-state index in [4.69, 9.17) is 4.74 Å². The number of benzene rings is 1. The number of hydrogen-bond acceptors (Lipinski definition) is 2. The molecule has 2 heteroatoms. The van der Waals surface area contributed by atoms with Crippen molar-refractivity contribution in [2.45, 2.75) is 26.2 Å². The van der Waals surface area contributed by atoms with E-state index < -0.39 is 0 Å². The van der Waals surface area contributed by atoms with Gasteiger partial charge in [0, 0.05) is 11.0 Å². The van der Waals surface area contributed by atoms with Crippen LogP contribution in [-0.2, 0) is 14.9 Å². The third kappa shape index (κ3) is 1.88. The van der Waals surface area contributed by atoms with Crippen LogP contribution in [0.3, 0.4) is 0 Å². The van der Waals surface area contributed by atoms with Crippen LogP contribution in [0.5, 0.6) is 0 Å². The standard InChI is InChI=1S/C16H18O2/c1-4-13-15(17)14(18-5-2)11-16(13,3)12-9-7-6-8-10-12/h4,6-11H,5H2,1-3H3/b13-4-. The number of ether oxygens (including phenoxy) is 1. The number of carbonyl (C=O) groups excluding carboxylic acids is 1. The molecule has 0 aromatic heterocycles. The van der Waals surface area contributed by atoms with Crippen LogP contribution in [-0.4, -0.2) is 12.4 Å². The Kier molecular flexibility index (Phi) is 3.37. The molecule has 2 nitrogen and oxygen atoms in total. The molecular formula is C16H18O2. The molecule has 94 valence electrons. The zero-order valence-electron chi connectivity index (χ0n) is 11.1. The molecule has 1 aromatic carbocycles. The maximum atomic E-state index is 12.3. The van der Waals surface area contributed by atoms with E-state index in [-0.39, 0.29) is 11.2 Å². The first kappa shape index (κ1) is 12.6. The summed E-state index contributed by atoms with van der Waals surface area (Å²) in [4.78, 5) is 12.3. The average Bonchev–Trinajstić information content (AvgIpc) is 2.64. The monoisotopic (exact) mass is 242 g/mol. The van der Waals surface area contributed by atoms with Crippen molar-refractivity contribution in [3.05, 3.63) is 59.4 Å². The number of allylic oxidation sites excluding steroid dienone is 3. The van der Waals surface area contributed by atoms with Crippen molar-refractivity contribution in [3.63, 3.8) is 0 Å². The Balaban J connectivity index is 2.51. The summed E-state index contributed by atoms with van der Waals surface area (Å²) in [5.41, 5.74) is 1.52. The first-order valence-corrected chi connectivity index (χ1v) is 6.26. The second kappa shape index (κ2) is 4.81. The molecule has 1 aliphatic rings. The second-order valence-corrected chi connectivity index (χ2v) is 4.54. The molecule has 0 aliphatic heterocycles. The molecule has 1 aliphatic carbocycles. The third-order valence-corrected chi connectivity index (χ3v) is 3.41. The van der Waals surface area contributed by atoms with Crippen LogP contribution >= 0.6 is 0 Å². The molecular weight excluding hydrogens is 224 g/mol. The number of hydrogen-bond donors (Lipinski definition) is 0. The lowest BCUT2D eigenvalue weighted by Gasteiger charge is -2.23. The van der Waals surface area contributed by atoms with Crippen molar-refractivity contribution >= 4 is 5.78 Å². The summed E-state index contributed by atoms with van der Waals surface area (Å²) in [6.45, 7) is 6.36. The van der Waals surface area contributed by atoms with Crippen molar-refractivity contribution in [1.82, 2.24) is 0 Å². The van der Waals surface area contributed by atoms with Crippen LogP contribution < -0.4 is 0 Å². The fraction of sp³-hybridized carbons (Fsp3) is 0.312. The molecule has 1 aromatic rings.